The van der Waals surface area contributed by atoms with Crippen LogP contribution in [0.1, 0.15) is 13.8 Å². The van der Waals surface area contributed by atoms with Gasteiger partial charge >= 0.3 is 0 Å². The topological polar surface area (TPSA) is 29.1 Å². The number of amides is 1. The molecule has 0 heterocycles. The van der Waals surface area contributed by atoms with Gasteiger partial charge in [-0.25, -0.2) is 0 Å². The van der Waals surface area contributed by atoms with Crippen molar-refractivity contribution in [3.05, 3.63) is 24.3 Å². The summed E-state index contributed by atoms with van der Waals surface area (Å²) in [6.07, 6.45) is 0. The highest BCUT2D eigenvalue weighted by atomic mass is 32.1. The van der Waals surface area contributed by atoms with Gasteiger partial charge in [-0.15, -0.1) is 12.6 Å². The number of hydrogen-bond donors (Lipinski definition) is 2. The van der Waals surface area contributed by atoms with Crippen molar-refractivity contribution in [1.29, 1.82) is 0 Å². The zero-order chi connectivity index (χ0) is 9.84. The van der Waals surface area contributed by atoms with Gasteiger partial charge in [0, 0.05) is 16.5 Å². The molecular formula is C10H13NOS. The Morgan fingerprint density at radius 2 is 1.85 bits per heavy atom. The van der Waals surface area contributed by atoms with Gasteiger partial charge in [-0.3, -0.25) is 4.79 Å². The lowest BCUT2D eigenvalue weighted by atomic mass is 10.2. The maximum Gasteiger partial charge on any atom is 0.226 e. The fourth-order valence-corrected chi connectivity index (χ4v) is 0.980. The van der Waals surface area contributed by atoms with Gasteiger partial charge in [0.15, 0.2) is 0 Å². The molecule has 0 aliphatic carbocycles. The van der Waals surface area contributed by atoms with Crippen LogP contribution in [-0.2, 0) is 4.79 Å². The highest BCUT2D eigenvalue weighted by molar-refractivity contribution is 7.80. The maximum absolute atomic E-state index is 11.3. The first-order chi connectivity index (χ1) is 6.09. The Morgan fingerprint density at radius 1 is 1.31 bits per heavy atom. The summed E-state index contributed by atoms with van der Waals surface area (Å²) in [6.45, 7) is 3.73. The summed E-state index contributed by atoms with van der Waals surface area (Å²) in [5.41, 5.74) is 0.816. The number of thiol groups is 1. The third-order valence-electron chi connectivity index (χ3n) is 1.66. The van der Waals surface area contributed by atoms with E-state index in [9.17, 15) is 4.79 Å². The fourth-order valence-electron chi connectivity index (χ4n) is 0.831. The van der Waals surface area contributed by atoms with E-state index in [0.29, 0.717) is 0 Å². The lowest BCUT2D eigenvalue weighted by Gasteiger charge is -2.07. The fraction of sp³-hybridized carbons (Fsp3) is 0.300. The molecule has 1 amide bonds. The average Bonchev–Trinajstić information content (AvgIpc) is 2.08. The SMILES string of the molecule is CC(C)C(=O)Nc1ccc(S)cc1. The lowest BCUT2D eigenvalue weighted by Crippen LogP contribution is -2.17. The molecule has 13 heavy (non-hydrogen) atoms. The zero-order valence-electron chi connectivity index (χ0n) is 7.74. The van der Waals surface area contributed by atoms with E-state index in [1.54, 1.807) is 0 Å². The van der Waals surface area contributed by atoms with Crippen LogP contribution in [0.3, 0.4) is 0 Å². The number of hydrogen-bond acceptors (Lipinski definition) is 2. The summed E-state index contributed by atoms with van der Waals surface area (Å²) in [6, 6.07) is 7.36. The van der Waals surface area contributed by atoms with Crippen LogP contribution in [0.5, 0.6) is 0 Å². The summed E-state index contributed by atoms with van der Waals surface area (Å²) in [5.74, 6) is 0.0441. The normalized spacial score (nSPS) is 10.2. The van der Waals surface area contributed by atoms with Crippen LogP contribution in [0.25, 0.3) is 0 Å². The summed E-state index contributed by atoms with van der Waals surface area (Å²) in [4.78, 5) is 12.2. The summed E-state index contributed by atoms with van der Waals surface area (Å²) in [5, 5.41) is 2.80. The first-order valence-electron chi connectivity index (χ1n) is 4.19. The molecule has 1 aromatic carbocycles. The molecule has 0 bridgehead atoms. The first-order valence-corrected chi connectivity index (χ1v) is 4.64. The molecule has 0 radical (unpaired) electrons. The molecule has 0 fully saturated rings. The van der Waals surface area contributed by atoms with E-state index >= 15 is 0 Å². The van der Waals surface area contributed by atoms with Crippen molar-refractivity contribution in [3.63, 3.8) is 0 Å². The van der Waals surface area contributed by atoms with Crippen molar-refractivity contribution >= 4 is 24.2 Å². The van der Waals surface area contributed by atoms with Gasteiger partial charge in [0.05, 0.1) is 0 Å². The highest BCUT2D eigenvalue weighted by Crippen LogP contribution is 2.12. The minimum absolute atomic E-state index is 0.00989. The van der Waals surface area contributed by atoms with Crippen molar-refractivity contribution in [2.75, 3.05) is 5.32 Å². The Labute approximate surface area is 83.8 Å². The maximum atomic E-state index is 11.3. The molecule has 2 nitrogen and oxygen atoms in total. The third-order valence-corrected chi connectivity index (χ3v) is 1.96. The summed E-state index contributed by atoms with van der Waals surface area (Å²) >= 11 is 4.15. The van der Waals surface area contributed by atoms with Crippen LogP contribution in [0, 0.1) is 5.92 Å². The molecule has 1 N–H and O–H groups in total. The Bertz CT molecular complexity index is 292. The van der Waals surface area contributed by atoms with E-state index in [-0.39, 0.29) is 11.8 Å². The Morgan fingerprint density at radius 3 is 2.31 bits per heavy atom. The second kappa shape index (κ2) is 4.33. The molecule has 0 spiro atoms. The smallest absolute Gasteiger partial charge is 0.226 e. The number of benzene rings is 1. The molecule has 0 saturated carbocycles. The van der Waals surface area contributed by atoms with Crippen LogP contribution in [0.4, 0.5) is 5.69 Å². The lowest BCUT2D eigenvalue weighted by molar-refractivity contribution is -0.118. The number of carbonyl (C=O) groups excluding carboxylic acids is 1. The van der Waals surface area contributed by atoms with Crippen LogP contribution in [0.2, 0.25) is 0 Å². The molecule has 0 aliphatic rings. The van der Waals surface area contributed by atoms with Crippen LogP contribution >= 0.6 is 12.6 Å². The standard InChI is InChI=1S/C10H13NOS/c1-7(2)10(12)11-8-3-5-9(13)6-4-8/h3-7,13H,1-2H3,(H,11,12). The number of carbonyl (C=O) groups is 1. The Hall–Kier alpha value is -0.960. The molecular weight excluding hydrogens is 182 g/mol. The van der Waals surface area contributed by atoms with E-state index in [1.807, 2.05) is 38.1 Å². The molecule has 0 aliphatic heterocycles. The molecule has 0 aromatic heterocycles. The van der Waals surface area contributed by atoms with Crippen molar-refractivity contribution in [2.24, 2.45) is 5.92 Å². The van der Waals surface area contributed by atoms with E-state index in [1.165, 1.54) is 0 Å². The van der Waals surface area contributed by atoms with Crippen LogP contribution in [0.15, 0.2) is 29.2 Å². The van der Waals surface area contributed by atoms with Crippen LogP contribution in [-0.4, -0.2) is 5.91 Å². The van der Waals surface area contributed by atoms with Crippen molar-refractivity contribution < 1.29 is 4.79 Å². The largest absolute Gasteiger partial charge is 0.326 e. The molecule has 3 heteroatoms. The van der Waals surface area contributed by atoms with E-state index in [4.69, 9.17) is 0 Å². The molecule has 1 rings (SSSR count). The second-order valence-electron chi connectivity index (χ2n) is 3.19. The number of nitrogens with one attached hydrogen (secondary N) is 1. The van der Waals surface area contributed by atoms with Crippen molar-refractivity contribution in [1.82, 2.24) is 0 Å². The predicted octanol–water partition coefficient (Wildman–Crippen LogP) is 2.57. The molecule has 0 atom stereocenters. The molecule has 70 valence electrons. The van der Waals surface area contributed by atoms with Gasteiger partial charge in [0.25, 0.3) is 0 Å². The number of anilines is 1. The Kier molecular flexibility index (Phi) is 3.37. The highest BCUT2D eigenvalue weighted by Gasteiger charge is 2.05. The van der Waals surface area contributed by atoms with Gasteiger partial charge < -0.3 is 5.32 Å². The van der Waals surface area contributed by atoms with Crippen molar-refractivity contribution in [3.8, 4) is 0 Å². The van der Waals surface area contributed by atoms with Crippen molar-refractivity contribution in [2.45, 2.75) is 18.7 Å². The molecule has 0 saturated heterocycles. The predicted molar refractivity (Wildman–Crippen MR) is 57.2 cm³/mol. The van der Waals surface area contributed by atoms with Gasteiger partial charge in [0.1, 0.15) is 0 Å². The van der Waals surface area contributed by atoms with Crippen LogP contribution < -0.4 is 5.32 Å². The molecule has 1 aromatic rings. The monoisotopic (exact) mass is 195 g/mol. The average molecular weight is 195 g/mol. The quantitative estimate of drug-likeness (QED) is 0.698. The number of rotatable bonds is 2. The minimum atomic E-state index is 0.00989. The molecule has 0 unspecified atom stereocenters. The van der Waals surface area contributed by atoms with Gasteiger partial charge in [-0.2, -0.15) is 0 Å². The van der Waals surface area contributed by atoms with Gasteiger partial charge in [-0.05, 0) is 24.3 Å². The minimum Gasteiger partial charge on any atom is -0.326 e. The summed E-state index contributed by atoms with van der Waals surface area (Å²) in [7, 11) is 0. The zero-order valence-corrected chi connectivity index (χ0v) is 8.64. The van der Waals surface area contributed by atoms with E-state index in [0.717, 1.165) is 10.6 Å². The second-order valence-corrected chi connectivity index (χ2v) is 3.71. The summed E-state index contributed by atoms with van der Waals surface area (Å²) < 4.78 is 0. The Balaban J connectivity index is 2.65. The van der Waals surface area contributed by atoms with E-state index in [2.05, 4.69) is 17.9 Å². The third kappa shape index (κ3) is 3.11. The van der Waals surface area contributed by atoms with Gasteiger partial charge in [0.2, 0.25) is 5.91 Å². The van der Waals surface area contributed by atoms with Gasteiger partial charge in [-0.1, -0.05) is 13.8 Å². The first kappa shape index (κ1) is 10.1. The van der Waals surface area contributed by atoms with E-state index < -0.39 is 0 Å².